The Morgan fingerprint density at radius 2 is 1.95 bits per heavy atom. The summed E-state index contributed by atoms with van der Waals surface area (Å²) in [6, 6.07) is 8.72. The molecule has 7 heteroatoms. The summed E-state index contributed by atoms with van der Waals surface area (Å²) in [5, 5.41) is 0. The average Bonchev–Trinajstić information content (AvgIpc) is 2.42. The van der Waals surface area contributed by atoms with E-state index in [1.54, 1.807) is 18.2 Å². The molecule has 21 heavy (non-hydrogen) atoms. The Morgan fingerprint density at radius 3 is 2.57 bits per heavy atom. The highest BCUT2D eigenvalue weighted by atomic mass is 79.9. The maximum absolute atomic E-state index is 13.3. The normalized spacial score (nSPS) is 11.4. The topological polar surface area (TPSA) is 72.2 Å². The molecule has 0 spiro atoms. The number of sulfonamides is 1. The lowest BCUT2D eigenvalue weighted by Gasteiger charge is -2.13. The molecule has 0 amide bonds. The molecule has 0 aromatic heterocycles. The van der Waals surface area contributed by atoms with Crippen molar-refractivity contribution in [2.75, 3.05) is 4.72 Å². The van der Waals surface area contributed by atoms with Gasteiger partial charge in [-0.3, -0.25) is 4.72 Å². The molecule has 0 saturated carbocycles. The average molecular weight is 373 g/mol. The van der Waals surface area contributed by atoms with Gasteiger partial charge in [0.15, 0.2) is 0 Å². The van der Waals surface area contributed by atoms with Gasteiger partial charge >= 0.3 is 0 Å². The van der Waals surface area contributed by atoms with Crippen LogP contribution < -0.4 is 10.5 Å². The van der Waals surface area contributed by atoms with Gasteiger partial charge in [-0.25, -0.2) is 12.8 Å². The molecule has 112 valence electrons. The van der Waals surface area contributed by atoms with Crippen LogP contribution in [-0.2, 0) is 16.6 Å². The molecule has 0 saturated heterocycles. The van der Waals surface area contributed by atoms with Crippen LogP contribution in [-0.4, -0.2) is 8.42 Å². The maximum Gasteiger partial charge on any atom is 0.262 e. The molecule has 0 aliphatic heterocycles. The molecule has 2 rings (SSSR count). The van der Waals surface area contributed by atoms with E-state index in [1.165, 1.54) is 12.1 Å². The fraction of sp³-hybridized carbons (Fsp3) is 0.143. The second kappa shape index (κ2) is 6.13. The number of anilines is 1. The Kier molecular flexibility index (Phi) is 4.65. The number of aryl methyl sites for hydroxylation is 1. The first kappa shape index (κ1) is 15.9. The summed E-state index contributed by atoms with van der Waals surface area (Å²) in [4.78, 5) is -0.155. The Morgan fingerprint density at radius 1 is 1.24 bits per heavy atom. The van der Waals surface area contributed by atoms with Crippen molar-refractivity contribution in [1.82, 2.24) is 0 Å². The molecule has 2 aromatic carbocycles. The van der Waals surface area contributed by atoms with E-state index in [-0.39, 0.29) is 11.4 Å². The molecular weight excluding hydrogens is 359 g/mol. The number of hydrogen-bond donors (Lipinski definition) is 2. The molecule has 0 aliphatic carbocycles. The maximum atomic E-state index is 13.3. The van der Waals surface area contributed by atoms with Crippen molar-refractivity contribution in [3.8, 4) is 0 Å². The molecule has 3 N–H and O–H groups in total. The van der Waals surface area contributed by atoms with Crippen LogP contribution in [0.15, 0.2) is 45.8 Å². The third-order valence-corrected chi connectivity index (χ3v) is 5.01. The Bertz CT molecular complexity index is 779. The van der Waals surface area contributed by atoms with Crippen molar-refractivity contribution < 1.29 is 12.8 Å². The van der Waals surface area contributed by atoms with E-state index in [0.717, 1.165) is 11.6 Å². The molecule has 0 bridgehead atoms. The van der Waals surface area contributed by atoms with Crippen LogP contribution in [0.4, 0.5) is 10.1 Å². The second-order valence-corrected chi connectivity index (χ2v) is 7.05. The standard InChI is InChI=1S/C14H14BrFN2O2S/c1-9-2-5-13(12(15)6-9)18-21(19,20)14-7-11(16)4-3-10(14)8-17/h2-7,18H,8,17H2,1H3. The molecule has 0 fully saturated rings. The minimum absolute atomic E-state index is 0.00555. The summed E-state index contributed by atoms with van der Waals surface area (Å²) in [6.07, 6.45) is 0. The molecule has 4 nitrogen and oxygen atoms in total. The predicted octanol–water partition coefficient (Wildman–Crippen LogP) is 3.16. The SMILES string of the molecule is Cc1ccc(NS(=O)(=O)c2cc(F)ccc2CN)c(Br)c1. The van der Waals surface area contributed by atoms with E-state index in [2.05, 4.69) is 20.7 Å². The van der Waals surface area contributed by atoms with Gasteiger partial charge in [0.05, 0.1) is 10.6 Å². The lowest BCUT2D eigenvalue weighted by Crippen LogP contribution is -2.17. The van der Waals surface area contributed by atoms with E-state index >= 15 is 0 Å². The van der Waals surface area contributed by atoms with Crippen molar-refractivity contribution in [3.63, 3.8) is 0 Å². The number of rotatable bonds is 4. The summed E-state index contributed by atoms with van der Waals surface area (Å²) < 4.78 is 41.2. The molecule has 0 radical (unpaired) electrons. The van der Waals surface area contributed by atoms with Gasteiger partial charge in [-0.05, 0) is 58.2 Å². The highest BCUT2D eigenvalue weighted by Gasteiger charge is 2.20. The third kappa shape index (κ3) is 3.61. The summed E-state index contributed by atoms with van der Waals surface area (Å²) >= 11 is 3.30. The van der Waals surface area contributed by atoms with Crippen LogP contribution in [0.5, 0.6) is 0 Å². The molecule has 0 atom stereocenters. The van der Waals surface area contributed by atoms with Crippen LogP contribution >= 0.6 is 15.9 Å². The molecule has 0 unspecified atom stereocenters. The minimum atomic E-state index is -3.91. The Hall–Kier alpha value is -1.44. The van der Waals surface area contributed by atoms with Gasteiger partial charge in [-0.15, -0.1) is 0 Å². The van der Waals surface area contributed by atoms with Crippen molar-refractivity contribution >= 4 is 31.6 Å². The highest BCUT2D eigenvalue weighted by molar-refractivity contribution is 9.10. The number of hydrogen-bond acceptors (Lipinski definition) is 3. The summed E-state index contributed by atoms with van der Waals surface area (Å²) in [6.45, 7) is 1.90. The van der Waals surface area contributed by atoms with E-state index in [9.17, 15) is 12.8 Å². The second-order valence-electron chi connectivity index (χ2n) is 4.54. The largest absolute Gasteiger partial charge is 0.326 e. The summed E-state index contributed by atoms with van der Waals surface area (Å²) in [5.74, 6) is -0.629. The lowest BCUT2D eigenvalue weighted by molar-refractivity contribution is 0.593. The van der Waals surface area contributed by atoms with Crippen molar-refractivity contribution in [2.24, 2.45) is 5.73 Å². The van der Waals surface area contributed by atoms with Crippen LogP contribution in [0.25, 0.3) is 0 Å². The fourth-order valence-corrected chi connectivity index (χ4v) is 3.92. The third-order valence-electron chi connectivity index (χ3n) is 2.91. The van der Waals surface area contributed by atoms with E-state index in [0.29, 0.717) is 15.7 Å². The first-order chi connectivity index (χ1) is 9.83. The zero-order valence-corrected chi connectivity index (χ0v) is 13.6. The van der Waals surface area contributed by atoms with Gasteiger partial charge in [-0.1, -0.05) is 12.1 Å². The van der Waals surface area contributed by atoms with Gasteiger partial charge in [0.1, 0.15) is 5.82 Å². The number of nitrogens with two attached hydrogens (primary N) is 1. The van der Waals surface area contributed by atoms with Gasteiger partial charge in [0, 0.05) is 11.0 Å². The van der Waals surface area contributed by atoms with Gasteiger partial charge < -0.3 is 5.73 Å². The Balaban J connectivity index is 2.45. The summed E-state index contributed by atoms with van der Waals surface area (Å²) in [5.41, 5.74) is 7.24. The number of benzene rings is 2. The van der Waals surface area contributed by atoms with Crippen LogP contribution in [0.2, 0.25) is 0 Å². The van der Waals surface area contributed by atoms with Crippen molar-refractivity contribution in [3.05, 3.63) is 57.8 Å². The quantitative estimate of drug-likeness (QED) is 0.865. The predicted molar refractivity (Wildman–Crippen MR) is 84.0 cm³/mol. The number of halogens is 2. The number of nitrogens with one attached hydrogen (secondary N) is 1. The van der Waals surface area contributed by atoms with Crippen LogP contribution in [0.1, 0.15) is 11.1 Å². The zero-order chi connectivity index (χ0) is 15.6. The van der Waals surface area contributed by atoms with Gasteiger partial charge in [-0.2, -0.15) is 0 Å². The minimum Gasteiger partial charge on any atom is -0.326 e. The van der Waals surface area contributed by atoms with Crippen molar-refractivity contribution in [1.29, 1.82) is 0 Å². The summed E-state index contributed by atoms with van der Waals surface area (Å²) in [7, 11) is -3.91. The van der Waals surface area contributed by atoms with Crippen molar-refractivity contribution in [2.45, 2.75) is 18.4 Å². The molecule has 0 aliphatic rings. The molecular formula is C14H14BrFN2O2S. The van der Waals surface area contributed by atoms with Crippen LogP contribution in [0, 0.1) is 12.7 Å². The monoisotopic (exact) mass is 372 g/mol. The highest BCUT2D eigenvalue weighted by Crippen LogP contribution is 2.27. The van der Waals surface area contributed by atoms with Crippen LogP contribution in [0.3, 0.4) is 0 Å². The first-order valence-electron chi connectivity index (χ1n) is 6.11. The molecule has 0 heterocycles. The van der Waals surface area contributed by atoms with E-state index in [1.807, 2.05) is 6.92 Å². The Labute approximate surface area is 131 Å². The lowest BCUT2D eigenvalue weighted by atomic mass is 10.2. The van der Waals surface area contributed by atoms with E-state index < -0.39 is 15.8 Å². The molecule has 2 aromatic rings. The van der Waals surface area contributed by atoms with Gasteiger partial charge in [0.2, 0.25) is 0 Å². The van der Waals surface area contributed by atoms with Gasteiger partial charge in [0.25, 0.3) is 10.0 Å². The first-order valence-corrected chi connectivity index (χ1v) is 8.38. The zero-order valence-electron chi connectivity index (χ0n) is 11.2. The smallest absolute Gasteiger partial charge is 0.262 e. The fourth-order valence-electron chi connectivity index (χ4n) is 1.85. The van der Waals surface area contributed by atoms with E-state index in [4.69, 9.17) is 5.73 Å².